The molecule has 3 saturated heterocycles. The van der Waals surface area contributed by atoms with E-state index in [4.69, 9.17) is 0 Å². The van der Waals surface area contributed by atoms with E-state index in [9.17, 15) is 19.5 Å². The normalized spacial score (nSPS) is 24.2. The fourth-order valence-electron chi connectivity index (χ4n) is 9.85. The van der Waals surface area contributed by atoms with Crippen LogP contribution in [-0.4, -0.2) is 84.5 Å². The number of fused-ring (bicyclic) bond motifs is 2. The van der Waals surface area contributed by atoms with Gasteiger partial charge in [0.2, 0.25) is 11.8 Å². The summed E-state index contributed by atoms with van der Waals surface area (Å²) < 4.78 is 31.1. The Labute approximate surface area is 325 Å². The average Bonchev–Trinajstić information content (AvgIpc) is 3.53. The number of phenolic OH excluding ortho intramolecular Hbond substituents is 1. The number of anilines is 2. The van der Waals surface area contributed by atoms with Crippen LogP contribution in [0.15, 0.2) is 91.0 Å². The zero-order chi connectivity index (χ0) is 38.6. The number of amides is 3. The molecule has 5 aliphatic rings. The van der Waals surface area contributed by atoms with Crippen molar-refractivity contribution in [1.29, 1.82) is 0 Å². The topological polar surface area (TPSA) is 96.4 Å². The lowest BCUT2D eigenvalue weighted by Crippen LogP contribution is -2.52. The van der Waals surface area contributed by atoms with Gasteiger partial charge in [-0.25, -0.2) is 8.78 Å². The van der Waals surface area contributed by atoms with Crippen LogP contribution < -0.4 is 15.1 Å². The number of nitrogens with zero attached hydrogens (tertiary/aromatic N) is 4. The van der Waals surface area contributed by atoms with Crippen molar-refractivity contribution in [2.45, 2.75) is 62.4 Å². The average molecular weight is 760 g/mol. The van der Waals surface area contributed by atoms with Crippen molar-refractivity contribution < 1.29 is 28.3 Å². The molecule has 56 heavy (non-hydrogen) atoms. The van der Waals surface area contributed by atoms with Crippen LogP contribution in [0.25, 0.3) is 0 Å². The molecule has 0 spiro atoms. The van der Waals surface area contributed by atoms with E-state index in [2.05, 4.69) is 50.3 Å². The van der Waals surface area contributed by atoms with Crippen LogP contribution in [0.1, 0.15) is 82.1 Å². The van der Waals surface area contributed by atoms with Crippen LogP contribution in [0.2, 0.25) is 0 Å². The molecular weight excluding hydrogens is 713 g/mol. The number of carbonyl (C=O) groups excluding carboxylic acids is 3. The largest absolute Gasteiger partial charge is 0.508 e. The summed E-state index contributed by atoms with van der Waals surface area (Å²) in [6.45, 7) is 7.15. The third-order valence-corrected chi connectivity index (χ3v) is 12.9. The number of piperidine rings is 2. The number of hydrogen-bond acceptors (Lipinski definition) is 7. The Hall–Kier alpha value is -5.29. The number of benzene rings is 4. The van der Waals surface area contributed by atoms with Crippen LogP contribution in [0, 0.1) is 5.92 Å². The number of piperazine rings is 1. The summed E-state index contributed by atoms with van der Waals surface area (Å²) in [5.74, 6) is -4.04. The summed E-state index contributed by atoms with van der Waals surface area (Å²) >= 11 is 0. The molecule has 290 valence electrons. The summed E-state index contributed by atoms with van der Waals surface area (Å²) in [4.78, 5) is 46.2. The molecule has 9 nitrogen and oxygen atoms in total. The number of halogens is 2. The Bertz CT molecular complexity index is 2130. The van der Waals surface area contributed by atoms with Crippen molar-refractivity contribution in [2.24, 2.45) is 5.92 Å². The van der Waals surface area contributed by atoms with E-state index >= 15 is 8.78 Å². The second-order valence-electron chi connectivity index (χ2n) is 16.2. The molecule has 9 rings (SSSR count). The van der Waals surface area contributed by atoms with Gasteiger partial charge in [0, 0.05) is 99.5 Å². The van der Waals surface area contributed by atoms with Gasteiger partial charge in [-0.05, 0) is 89.9 Å². The minimum atomic E-state index is -3.04. The Balaban J connectivity index is 0.793. The van der Waals surface area contributed by atoms with Crippen molar-refractivity contribution in [3.05, 3.63) is 124 Å². The maximum Gasteiger partial charge on any atom is 0.274 e. The number of phenols is 1. The molecule has 0 aromatic heterocycles. The van der Waals surface area contributed by atoms with E-state index in [0.29, 0.717) is 30.0 Å². The second-order valence-corrected chi connectivity index (χ2v) is 16.2. The third kappa shape index (κ3) is 6.91. The SMILES string of the molecule is O=C1CC[C@H](N2Cc3cc(N4CCN(CC5CCN(c6ccc([C@H]7c8ccc(O)cc8C(F)(F)C[C@H]7c7ccccc7)cc6)CC5)CC4)ccc3C2=O)C(=O)N1. The highest BCUT2D eigenvalue weighted by Crippen LogP contribution is 2.55. The predicted octanol–water partition coefficient (Wildman–Crippen LogP) is 6.60. The molecule has 3 amide bonds. The van der Waals surface area contributed by atoms with Crippen LogP contribution in [0.5, 0.6) is 5.75 Å². The summed E-state index contributed by atoms with van der Waals surface area (Å²) in [6, 6.07) is 27.9. The molecule has 0 radical (unpaired) electrons. The summed E-state index contributed by atoms with van der Waals surface area (Å²) in [5, 5.41) is 12.5. The number of nitrogens with one attached hydrogen (secondary N) is 1. The number of alkyl halides is 2. The predicted molar refractivity (Wildman–Crippen MR) is 210 cm³/mol. The van der Waals surface area contributed by atoms with E-state index < -0.39 is 17.9 Å². The standard InChI is InChI=1S/C45H47F2N5O4/c46-45(47)26-38(30-4-2-1-3-5-30)42(37-13-11-35(53)25-39(37)45)31-6-8-33(9-7-31)50-18-16-29(17-19-50)27-49-20-22-51(23-21-49)34-10-12-36-32(24-34)28-52(44(36)56)40-14-15-41(54)48-43(40)55/h1-13,24-25,29,38,40,42,53H,14-23,26-28H2,(H,48,54,55)/t38-,40-,42-/m0/s1. The lowest BCUT2D eigenvalue weighted by atomic mass is 9.68. The first kappa shape index (κ1) is 36.4. The molecule has 1 aliphatic carbocycles. The third-order valence-electron chi connectivity index (χ3n) is 12.9. The quantitative estimate of drug-likeness (QED) is 0.205. The van der Waals surface area contributed by atoms with Gasteiger partial charge in [-0.1, -0.05) is 48.5 Å². The van der Waals surface area contributed by atoms with E-state index in [1.165, 1.54) is 12.1 Å². The van der Waals surface area contributed by atoms with Gasteiger partial charge in [0.15, 0.2) is 0 Å². The summed E-state index contributed by atoms with van der Waals surface area (Å²) in [7, 11) is 0. The molecule has 3 atom stereocenters. The van der Waals surface area contributed by atoms with Gasteiger partial charge in [0.05, 0.1) is 0 Å². The number of imide groups is 1. The monoisotopic (exact) mass is 759 g/mol. The van der Waals surface area contributed by atoms with Gasteiger partial charge in [-0.2, -0.15) is 0 Å². The minimum absolute atomic E-state index is 0.0803. The number of carbonyl (C=O) groups is 3. The molecule has 4 aromatic carbocycles. The first-order chi connectivity index (χ1) is 27.1. The smallest absolute Gasteiger partial charge is 0.274 e. The highest BCUT2D eigenvalue weighted by molar-refractivity contribution is 6.05. The van der Waals surface area contributed by atoms with Gasteiger partial charge >= 0.3 is 0 Å². The van der Waals surface area contributed by atoms with E-state index in [-0.39, 0.29) is 47.8 Å². The van der Waals surface area contributed by atoms with Gasteiger partial charge < -0.3 is 19.8 Å². The van der Waals surface area contributed by atoms with Crippen LogP contribution >= 0.6 is 0 Å². The highest BCUT2D eigenvalue weighted by Gasteiger charge is 2.47. The van der Waals surface area contributed by atoms with Gasteiger partial charge in [-0.3, -0.25) is 24.6 Å². The summed E-state index contributed by atoms with van der Waals surface area (Å²) in [5.41, 5.74) is 6.21. The Morgan fingerprint density at radius 2 is 1.46 bits per heavy atom. The maximum absolute atomic E-state index is 15.6. The van der Waals surface area contributed by atoms with Crippen molar-refractivity contribution in [3.63, 3.8) is 0 Å². The van der Waals surface area contributed by atoms with Crippen molar-refractivity contribution in [1.82, 2.24) is 15.1 Å². The molecule has 4 heterocycles. The second kappa shape index (κ2) is 14.7. The molecule has 2 N–H and O–H groups in total. The first-order valence-electron chi connectivity index (χ1n) is 20.0. The van der Waals surface area contributed by atoms with E-state index in [0.717, 1.165) is 86.7 Å². The Morgan fingerprint density at radius 1 is 0.750 bits per heavy atom. The first-order valence-corrected chi connectivity index (χ1v) is 20.0. The number of rotatable bonds is 7. The van der Waals surface area contributed by atoms with Gasteiger partial charge in [0.25, 0.3) is 11.8 Å². The Morgan fingerprint density at radius 3 is 2.20 bits per heavy atom. The van der Waals surface area contributed by atoms with E-state index in [1.54, 1.807) is 11.0 Å². The Kier molecular flexibility index (Phi) is 9.51. The number of hydrogen-bond donors (Lipinski definition) is 2. The van der Waals surface area contributed by atoms with Gasteiger partial charge in [0.1, 0.15) is 11.8 Å². The highest BCUT2D eigenvalue weighted by atomic mass is 19.3. The lowest BCUT2D eigenvalue weighted by molar-refractivity contribution is -0.136. The fourth-order valence-corrected chi connectivity index (χ4v) is 9.85. The molecule has 4 aliphatic heterocycles. The van der Waals surface area contributed by atoms with Crippen molar-refractivity contribution >= 4 is 29.1 Å². The molecule has 0 unspecified atom stereocenters. The van der Waals surface area contributed by atoms with Crippen molar-refractivity contribution in [2.75, 3.05) is 55.6 Å². The summed E-state index contributed by atoms with van der Waals surface area (Å²) in [6.07, 6.45) is 2.50. The minimum Gasteiger partial charge on any atom is -0.508 e. The fraction of sp³-hybridized carbons (Fsp3) is 0.400. The van der Waals surface area contributed by atoms with Crippen molar-refractivity contribution in [3.8, 4) is 5.75 Å². The van der Waals surface area contributed by atoms with Crippen LogP contribution in [-0.2, 0) is 22.1 Å². The zero-order valence-corrected chi connectivity index (χ0v) is 31.4. The number of aromatic hydroxyl groups is 1. The molecule has 4 aromatic rings. The molecule has 11 heteroatoms. The molecule has 0 saturated carbocycles. The molecule has 3 fully saturated rings. The van der Waals surface area contributed by atoms with Crippen LogP contribution in [0.3, 0.4) is 0 Å². The zero-order valence-electron chi connectivity index (χ0n) is 31.4. The lowest BCUT2D eigenvalue weighted by Gasteiger charge is -2.40. The van der Waals surface area contributed by atoms with Gasteiger partial charge in [-0.15, -0.1) is 0 Å². The molecule has 0 bridgehead atoms. The van der Waals surface area contributed by atoms with E-state index in [1.807, 2.05) is 42.5 Å². The maximum atomic E-state index is 15.6. The molecular formula is C45H47F2N5O4. The van der Waals surface area contributed by atoms with Crippen LogP contribution in [0.4, 0.5) is 20.2 Å².